The maximum absolute atomic E-state index is 11.8. The summed E-state index contributed by atoms with van der Waals surface area (Å²) in [4.78, 5) is 22.8. The Morgan fingerprint density at radius 1 is 1.19 bits per heavy atom. The minimum Gasteiger partial charge on any atom is -0.480 e. The van der Waals surface area contributed by atoms with Gasteiger partial charge < -0.3 is 15.7 Å². The Labute approximate surface area is 122 Å². The molecular weight excluding hydrogens is 268 g/mol. The van der Waals surface area contributed by atoms with Gasteiger partial charge in [0.2, 0.25) is 0 Å². The number of aliphatic carboxylic acids is 1. The molecule has 1 unspecified atom stereocenters. The molecule has 0 saturated heterocycles. The van der Waals surface area contributed by atoms with Crippen LogP contribution in [-0.2, 0) is 4.79 Å². The van der Waals surface area contributed by atoms with Gasteiger partial charge in [0, 0.05) is 5.69 Å². The number of urea groups is 1. The van der Waals surface area contributed by atoms with Gasteiger partial charge in [-0.1, -0.05) is 36.4 Å². The highest BCUT2D eigenvalue weighted by Gasteiger charge is 2.18. The Morgan fingerprint density at radius 3 is 2.57 bits per heavy atom. The van der Waals surface area contributed by atoms with E-state index in [0.29, 0.717) is 5.69 Å². The van der Waals surface area contributed by atoms with Crippen molar-refractivity contribution in [3.63, 3.8) is 0 Å². The number of carboxylic acid groups (broad SMARTS) is 1. The van der Waals surface area contributed by atoms with Gasteiger partial charge in [0.25, 0.3) is 0 Å². The lowest BCUT2D eigenvalue weighted by atomic mass is 10.1. The monoisotopic (exact) mass is 284 g/mol. The maximum Gasteiger partial charge on any atom is 0.326 e. The van der Waals surface area contributed by atoms with E-state index in [1.807, 2.05) is 36.4 Å². The molecule has 108 valence electrons. The van der Waals surface area contributed by atoms with Gasteiger partial charge in [-0.05, 0) is 29.3 Å². The topological polar surface area (TPSA) is 78.4 Å². The number of amides is 2. The normalized spacial score (nSPS) is 11.6. The van der Waals surface area contributed by atoms with Crippen molar-refractivity contribution in [2.45, 2.75) is 12.5 Å². The Balaban J connectivity index is 2.06. The number of benzene rings is 2. The van der Waals surface area contributed by atoms with Crippen molar-refractivity contribution in [1.29, 1.82) is 0 Å². The Bertz CT molecular complexity index is 682. The van der Waals surface area contributed by atoms with Gasteiger partial charge in [-0.25, -0.2) is 9.59 Å². The zero-order chi connectivity index (χ0) is 15.2. The molecule has 0 saturated carbocycles. The summed E-state index contributed by atoms with van der Waals surface area (Å²) in [5.74, 6) is -1.09. The van der Waals surface area contributed by atoms with Crippen LogP contribution in [-0.4, -0.2) is 23.1 Å². The third-order valence-corrected chi connectivity index (χ3v) is 3.01. The molecule has 0 bridgehead atoms. The first kappa shape index (κ1) is 14.6. The molecule has 0 aliphatic carbocycles. The van der Waals surface area contributed by atoms with Crippen LogP contribution in [0.5, 0.6) is 0 Å². The minimum atomic E-state index is -1.09. The summed E-state index contributed by atoms with van der Waals surface area (Å²) in [6, 6.07) is 11.7. The van der Waals surface area contributed by atoms with Crippen molar-refractivity contribution in [1.82, 2.24) is 5.32 Å². The fourth-order valence-corrected chi connectivity index (χ4v) is 1.98. The molecule has 0 aromatic heterocycles. The van der Waals surface area contributed by atoms with E-state index in [4.69, 9.17) is 5.11 Å². The first-order chi connectivity index (χ1) is 10.1. The van der Waals surface area contributed by atoms with Crippen molar-refractivity contribution in [3.05, 3.63) is 55.1 Å². The average molecular weight is 284 g/mol. The van der Waals surface area contributed by atoms with Gasteiger partial charge in [0.1, 0.15) is 6.04 Å². The van der Waals surface area contributed by atoms with E-state index < -0.39 is 18.0 Å². The van der Waals surface area contributed by atoms with Crippen molar-refractivity contribution >= 4 is 28.5 Å². The molecule has 5 nitrogen and oxygen atoms in total. The number of carbonyl (C=O) groups excluding carboxylic acids is 1. The van der Waals surface area contributed by atoms with Crippen molar-refractivity contribution in [2.24, 2.45) is 0 Å². The molecule has 2 aromatic rings. The van der Waals surface area contributed by atoms with E-state index in [0.717, 1.165) is 10.8 Å². The van der Waals surface area contributed by atoms with Crippen LogP contribution in [0.15, 0.2) is 55.1 Å². The van der Waals surface area contributed by atoms with Crippen molar-refractivity contribution < 1.29 is 14.7 Å². The second-order valence-corrected chi connectivity index (χ2v) is 4.58. The predicted octanol–water partition coefficient (Wildman–Crippen LogP) is 2.99. The minimum absolute atomic E-state index is 0.167. The highest BCUT2D eigenvalue weighted by atomic mass is 16.4. The van der Waals surface area contributed by atoms with Crippen LogP contribution in [0.2, 0.25) is 0 Å². The number of anilines is 1. The molecule has 2 amide bonds. The van der Waals surface area contributed by atoms with Crippen LogP contribution >= 0.6 is 0 Å². The zero-order valence-electron chi connectivity index (χ0n) is 11.4. The molecule has 21 heavy (non-hydrogen) atoms. The summed E-state index contributed by atoms with van der Waals surface area (Å²) in [6.45, 7) is 3.47. The second-order valence-electron chi connectivity index (χ2n) is 4.58. The summed E-state index contributed by atoms with van der Waals surface area (Å²) in [6.07, 6.45) is 1.62. The fourth-order valence-electron chi connectivity index (χ4n) is 1.98. The molecule has 5 heteroatoms. The average Bonchev–Trinajstić information content (AvgIpc) is 2.46. The van der Waals surface area contributed by atoms with Crippen LogP contribution < -0.4 is 10.6 Å². The lowest BCUT2D eigenvalue weighted by Gasteiger charge is -2.13. The summed E-state index contributed by atoms with van der Waals surface area (Å²) in [5, 5.41) is 16.1. The summed E-state index contributed by atoms with van der Waals surface area (Å²) >= 11 is 0. The van der Waals surface area contributed by atoms with Gasteiger partial charge in [0.15, 0.2) is 0 Å². The van der Waals surface area contributed by atoms with E-state index in [9.17, 15) is 9.59 Å². The van der Waals surface area contributed by atoms with Gasteiger partial charge in [-0.15, -0.1) is 6.58 Å². The smallest absolute Gasteiger partial charge is 0.326 e. The van der Waals surface area contributed by atoms with E-state index in [2.05, 4.69) is 17.2 Å². The third-order valence-electron chi connectivity index (χ3n) is 3.01. The van der Waals surface area contributed by atoms with Crippen LogP contribution in [0.3, 0.4) is 0 Å². The highest BCUT2D eigenvalue weighted by molar-refractivity contribution is 5.95. The lowest BCUT2D eigenvalue weighted by Crippen LogP contribution is -2.42. The molecule has 3 N–H and O–H groups in total. The first-order valence-corrected chi connectivity index (χ1v) is 6.50. The number of hydrogen-bond acceptors (Lipinski definition) is 2. The van der Waals surface area contributed by atoms with E-state index in [-0.39, 0.29) is 6.42 Å². The maximum atomic E-state index is 11.8. The van der Waals surface area contributed by atoms with Crippen LogP contribution in [0.4, 0.5) is 10.5 Å². The number of fused-ring (bicyclic) bond motifs is 1. The molecule has 0 spiro atoms. The molecule has 2 aromatic carbocycles. The first-order valence-electron chi connectivity index (χ1n) is 6.50. The number of carboxylic acids is 1. The zero-order valence-corrected chi connectivity index (χ0v) is 11.4. The molecule has 0 aliphatic rings. The number of carbonyl (C=O) groups is 2. The van der Waals surface area contributed by atoms with Crippen LogP contribution in [0.25, 0.3) is 10.8 Å². The van der Waals surface area contributed by atoms with Gasteiger partial charge in [0.05, 0.1) is 0 Å². The van der Waals surface area contributed by atoms with Gasteiger partial charge in [-0.3, -0.25) is 0 Å². The molecule has 0 radical (unpaired) electrons. The fraction of sp³-hybridized carbons (Fsp3) is 0.125. The van der Waals surface area contributed by atoms with Gasteiger partial charge in [-0.2, -0.15) is 0 Å². The summed E-state index contributed by atoms with van der Waals surface area (Å²) in [7, 11) is 0. The lowest BCUT2D eigenvalue weighted by molar-refractivity contribution is -0.139. The van der Waals surface area contributed by atoms with Crippen LogP contribution in [0, 0.1) is 0 Å². The molecule has 0 fully saturated rings. The highest BCUT2D eigenvalue weighted by Crippen LogP contribution is 2.18. The largest absolute Gasteiger partial charge is 0.480 e. The van der Waals surface area contributed by atoms with Crippen LogP contribution in [0.1, 0.15) is 6.42 Å². The van der Waals surface area contributed by atoms with Gasteiger partial charge >= 0.3 is 12.0 Å². The molecule has 0 heterocycles. The van der Waals surface area contributed by atoms with Crippen molar-refractivity contribution in [2.75, 3.05) is 5.32 Å². The summed E-state index contributed by atoms with van der Waals surface area (Å²) in [5.41, 5.74) is 0.606. The molecular formula is C16H16N2O3. The number of nitrogens with one attached hydrogen (secondary N) is 2. The van der Waals surface area contributed by atoms with Crippen molar-refractivity contribution in [3.8, 4) is 0 Å². The third kappa shape index (κ3) is 3.82. The molecule has 1 atom stereocenters. The van der Waals surface area contributed by atoms with E-state index >= 15 is 0 Å². The second kappa shape index (κ2) is 6.56. The molecule has 0 aliphatic heterocycles. The Hall–Kier alpha value is -2.82. The van der Waals surface area contributed by atoms with E-state index in [1.165, 1.54) is 6.08 Å². The summed E-state index contributed by atoms with van der Waals surface area (Å²) < 4.78 is 0. The predicted molar refractivity (Wildman–Crippen MR) is 82.3 cm³/mol. The number of hydrogen-bond donors (Lipinski definition) is 3. The Kier molecular flexibility index (Phi) is 4.56. The van der Waals surface area contributed by atoms with E-state index in [1.54, 1.807) is 6.07 Å². The number of rotatable bonds is 5. The SMILES string of the molecule is C=CCC(NC(=O)Nc1ccc2ccccc2c1)C(=O)O. The molecule has 2 rings (SSSR count). The Morgan fingerprint density at radius 2 is 1.90 bits per heavy atom. The standard InChI is InChI=1S/C16H16N2O3/c1-2-5-14(15(19)20)18-16(21)17-13-9-8-11-6-3-4-7-12(11)10-13/h2-4,6-10,14H,1,5H2,(H,19,20)(H2,17,18,21). The quantitative estimate of drug-likeness (QED) is 0.738.